The lowest BCUT2D eigenvalue weighted by atomic mass is 10.1. The van der Waals surface area contributed by atoms with Gasteiger partial charge in [0.2, 0.25) is 0 Å². The molecule has 0 spiro atoms. The van der Waals surface area contributed by atoms with Crippen molar-refractivity contribution in [3.05, 3.63) is 58.1 Å². The first kappa shape index (κ1) is 18.8. The minimum atomic E-state index is -0.622. The number of benzene rings is 2. The van der Waals surface area contributed by atoms with E-state index in [1.54, 1.807) is 24.3 Å². The highest BCUT2D eigenvalue weighted by molar-refractivity contribution is 6.31. The molecule has 1 N–H and O–H groups in total. The van der Waals surface area contributed by atoms with Crippen molar-refractivity contribution >= 4 is 29.2 Å². The van der Waals surface area contributed by atoms with Crippen LogP contribution in [0.1, 0.15) is 16.7 Å². The van der Waals surface area contributed by atoms with Gasteiger partial charge in [-0.25, -0.2) is 4.79 Å². The molecule has 6 heteroatoms. The molecule has 2 aromatic carbocycles. The monoisotopic (exact) mass is 361 g/mol. The fourth-order valence-electron chi connectivity index (χ4n) is 2.05. The van der Waals surface area contributed by atoms with Gasteiger partial charge >= 0.3 is 5.97 Å². The summed E-state index contributed by atoms with van der Waals surface area (Å²) in [5.41, 5.74) is 3.72. The van der Waals surface area contributed by atoms with Crippen molar-refractivity contribution in [2.24, 2.45) is 0 Å². The maximum absolute atomic E-state index is 11.8. The summed E-state index contributed by atoms with van der Waals surface area (Å²) in [6.45, 7) is 5.14. The van der Waals surface area contributed by atoms with Crippen LogP contribution in [-0.2, 0) is 14.3 Å². The number of hydrogen-bond acceptors (Lipinski definition) is 4. The Morgan fingerprint density at radius 1 is 0.960 bits per heavy atom. The van der Waals surface area contributed by atoms with Gasteiger partial charge in [-0.2, -0.15) is 0 Å². The van der Waals surface area contributed by atoms with Crippen molar-refractivity contribution in [1.82, 2.24) is 0 Å². The Hall–Kier alpha value is -2.53. The molecule has 0 aromatic heterocycles. The Morgan fingerprint density at radius 3 is 2.40 bits per heavy atom. The zero-order valence-electron chi connectivity index (χ0n) is 14.4. The van der Waals surface area contributed by atoms with Crippen LogP contribution in [0.4, 0.5) is 5.69 Å². The van der Waals surface area contributed by atoms with Gasteiger partial charge in [-0.3, -0.25) is 4.79 Å². The number of carbonyl (C=O) groups excluding carboxylic acids is 2. The van der Waals surface area contributed by atoms with E-state index in [0.29, 0.717) is 16.5 Å². The molecule has 0 fully saturated rings. The minimum Gasteiger partial charge on any atom is -0.482 e. The van der Waals surface area contributed by atoms with E-state index in [4.69, 9.17) is 21.1 Å². The van der Waals surface area contributed by atoms with E-state index < -0.39 is 11.9 Å². The first-order chi connectivity index (χ1) is 11.8. The number of amides is 1. The van der Waals surface area contributed by atoms with Gasteiger partial charge in [0.25, 0.3) is 5.91 Å². The van der Waals surface area contributed by atoms with Crippen molar-refractivity contribution < 1.29 is 19.1 Å². The second kappa shape index (κ2) is 8.53. The Labute approximate surface area is 151 Å². The van der Waals surface area contributed by atoms with E-state index in [2.05, 4.69) is 5.32 Å². The van der Waals surface area contributed by atoms with Gasteiger partial charge in [-0.05, 0) is 67.8 Å². The van der Waals surface area contributed by atoms with E-state index in [1.807, 2.05) is 32.9 Å². The van der Waals surface area contributed by atoms with Crippen LogP contribution in [0.5, 0.6) is 5.75 Å². The predicted octanol–water partition coefficient (Wildman–Crippen LogP) is 3.83. The number of hydrogen-bond donors (Lipinski definition) is 1. The predicted molar refractivity (Wildman–Crippen MR) is 97.2 cm³/mol. The van der Waals surface area contributed by atoms with Crippen molar-refractivity contribution in [2.45, 2.75) is 20.8 Å². The summed E-state index contributed by atoms with van der Waals surface area (Å²) in [5.74, 6) is -0.514. The van der Waals surface area contributed by atoms with E-state index >= 15 is 0 Å². The fraction of sp³-hybridized carbons (Fsp3) is 0.263. The summed E-state index contributed by atoms with van der Waals surface area (Å²) in [4.78, 5) is 23.5. The van der Waals surface area contributed by atoms with Crippen LogP contribution in [0, 0.1) is 20.8 Å². The number of aryl methyl sites for hydroxylation is 3. The second-order valence-corrected chi connectivity index (χ2v) is 6.11. The summed E-state index contributed by atoms with van der Waals surface area (Å²) in [6.07, 6.45) is 0. The molecule has 0 atom stereocenters. The Bertz CT molecular complexity index is 789. The van der Waals surface area contributed by atoms with E-state index in [9.17, 15) is 9.59 Å². The van der Waals surface area contributed by atoms with Gasteiger partial charge in [0.1, 0.15) is 5.75 Å². The molecule has 0 aliphatic carbocycles. The van der Waals surface area contributed by atoms with Gasteiger partial charge in [-0.1, -0.05) is 17.7 Å². The number of rotatable bonds is 6. The van der Waals surface area contributed by atoms with Gasteiger partial charge in [0.15, 0.2) is 13.2 Å². The largest absolute Gasteiger partial charge is 0.482 e. The fourth-order valence-corrected chi connectivity index (χ4v) is 2.17. The number of halogens is 1. The topological polar surface area (TPSA) is 64.6 Å². The Kier molecular flexibility index (Phi) is 6.42. The van der Waals surface area contributed by atoms with Crippen LogP contribution in [0.15, 0.2) is 36.4 Å². The van der Waals surface area contributed by atoms with E-state index in [-0.39, 0.29) is 13.2 Å². The highest BCUT2D eigenvalue weighted by atomic mass is 35.5. The van der Waals surface area contributed by atoms with Crippen LogP contribution in [0.2, 0.25) is 5.02 Å². The van der Waals surface area contributed by atoms with Crippen molar-refractivity contribution in [3.63, 3.8) is 0 Å². The van der Waals surface area contributed by atoms with Crippen molar-refractivity contribution in [3.8, 4) is 5.75 Å². The molecule has 0 aliphatic rings. The summed E-state index contributed by atoms with van der Waals surface area (Å²) in [7, 11) is 0. The number of nitrogens with one attached hydrogen (secondary N) is 1. The molecule has 132 valence electrons. The molecule has 1 amide bonds. The molecular formula is C19H20ClNO4. The van der Waals surface area contributed by atoms with E-state index in [1.165, 1.54) is 0 Å². The van der Waals surface area contributed by atoms with Crippen LogP contribution in [-0.4, -0.2) is 25.1 Å². The van der Waals surface area contributed by atoms with Crippen molar-refractivity contribution in [1.29, 1.82) is 0 Å². The quantitative estimate of drug-likeness (QED) is 0.794. The first-order valence-electron chi connectivity index (χ1n) is 7.77. The SMILES string of the molecule is Cc1ccc(NC(=O)COC(=O)COc2ccc(Cl)c(C)c2)cc1C. The highest BCUT2D eigenvalue weighted by Crippen LogP contribution is 2.21. The molecule has 2 rings (SSSR count). The van der Waals surface area contributed by atoms with Gasteiger partial charge < -0.3 is 14.8 Å². The van der Waals surface area contributed by atoms with Crippen LogP contribution in [0.25, 0.3) is 0 Å². The molecule has 5 nitrogen and oxygen atoms in total. The number of carbonyl (C=O) groups is 2. The number of ether oxygens (including phenoxy) is 2. The van der Waals surface area contributed by atoms with Crippen molar-refractivity contribution in [2.75, 3.05) is 18.5 Å². The Morgan fingerprint density at radius 2 is 1.72 bits per heavy atom. The number of anilines is 1. The summed E-state index contributed by atoms with van der Waals surface area (Å²) in [6, 6.07) is 10.7. The van der Waals surface area contributed by atoms with Gasteiger partial charge in [-0.15, -0.1) is 0 Å². The average Bonchev–Trinajstić information content (AvgIpc) is 2.57. The molecule has 2 aromatic rings. The molecule has 0 bridgehead atoms. The maximum atomic E-state index is 11.8. The van der Waals surface area contributed by atoms with Crippen LogP contribution >= 0.6 is 11.6 Å². The smallest absolute Gasteiger partial charge is 0.344 e. The summed E-state index contributed by atoms with van der Waals surface area (Å²) >= 11 is 5.92. The zero-order valence-corrected chi connectivity index (χ0v) is 15.1. The molecule has 0 saturated heterocycles. The lowest BCUT2D eigenvalue weighted by Crippen LogP contribution is -2.23. The molecule has 0 unspecified atom stereocenters. The maximum Gasteiger partial charge on any atom is 0.344 e. The van der Waals surface area contributed by atoms with Crippen LogP contribution < -0.4 is 10.1 Å². The molecule has 0 heterocycles. The van der Waals surface area contributed by atoms with E-state index in [0.717, 1.165) is 16.7 Å². The summed E-state index contributed by atoms with van der Waals surface area (Å²) < 4.78 is 10.2. The third-order valence-electron chi connectivity index (χ3n) is 3.64. The molecule has 0 radical (unpaired) electrons. The Balaban J connectivity index is 1.76. The molecular weight excluding hydrogens is 342 g/mol. The highest BCUT2D eigenvalue weighted by Gasteiger charge is 2.09. The van der Waals surface area contributed by atoms with Gasteiger partial charge in [0, 0.05) is 10.7 Å². The van der Waals surface area contributed by atoms with Gasteiger partial charge in [0.05, 0.1) is 0 Å². The first-order valence-corrected chi connectivity index (χ1v) is 8.14. The third kappa shape index (κ3) is 5.80. The minimum absolute atomic E-state index is 0.280. The summed E-state index contributed by atoms with van der Waals surface area (Å²) in [5, 5.41) is 3.30. The molecule has 0 saturated carbocycles. The molecule has 0 aliphatic heterocycles. The third-order valence-corrected chi connectivity index (χ3v) is 4.07. The normalized spacial score (nSPS) is 10.2. The number of esters is 1. The average molecular weight is 362 g/mol. The molecule has 25 heavy (non-hydrogen) atoms. The second-order valence-electron chi connectivity index (χ2n) is 5.71. The lowest BCUT2D eigenvalue weighted by Gasteiger charge is -2.09. The zero-order chi connectivity index (χ0) is 18.4. The van der Waals surface area contributed by atoms with Crippen LogP contribution in [0.3, 0.4) is 0 Å². The standard InChI is InChI=1S/C19H20ClNO4/c1-12-4-5-15(8-13(12)2)21-18(22)10-25-19(23)11-24-16-6-7-17(20)14(3)9-16/h4-9H,10-11H2,1-3H3,(H,21,22). The lowest BCUT2D eigenvalue weighted by molar-refractivity contribution is -0.149.